The summed E-state index contributed by atoms with van der Waals surface area (Å²) >= 11 is 1.59. The fourth-order valence-corrected chi connectivity index (χ4v) is 4.11. The number of piperazine rings is 1. The molecule has 2 heterocycles. The summed E-state index contributed by atoms with van der Waals surface area (Å²) in [5.74, 6) is -0.356. The highest BCUT2D eigenvalue weighted by molar-refractivity contribution is 7.09. The van der Waals surface area contributed by atoms with E-state index in [1.54, 1.807) is 22.3 Å². The first-order valence-electron chi connectivity index (χ1n) is 10.3. The summed E-state index contributed by atoms with van der Waals surface area (Å²) in [6, 6.07) is 10.8. The van der Waals surface area contributed by atoms with E-state index in [-0.39, 0.29) is 24.2 Å². The van der Waals surface area contributed by atoms with Crippen molar-refractivity contribution in [3.05, 3.63) is 58.0 Å². The van der Waals surface area contributed by atoms with Gasteiger partial charge in [0.25, 0.3) is 0 Å². The van der Waals surface area contributed by atoms with Gasteiger partial charge in [-0.15, -0.1) is 11.3 Å². The summed E-state index contributed by atoms with van der Waals surface area (Å²) in [4.78, 5) is 31.9. The number of halogens is 1. The standard InChI is InChI=1S/C22H29FN4O2S/c1-2-27(16-21(28)24-14-19-7-5-13-30-19)22(29)17-26-11-9-25(10-12-26)15-18-6-3-4-8-20(18)23/h3-8,13H,2,9-12,14-17H2,1H3,(H,24,28). The Labute approximate surface area is 181 Å². The van der Waals surface area contributed by atoms with E-state index in [1.165, 1.54) is 6.07 Å². The van der Waals surface area contributed by atoms with Gasteiger partial charge < -0.3 is 10.2 Å². The lowest BCUT2D eigenvalue weighted by Crippen LogP contribution is -2.50. The molecule has 2 amide bonds. The van der Waals surface area contributed by atoms with E-state index in [9.17, 15) is 14.0 Å². The maximum atomic E-state index is 13.8. The molecule has 162 valence electrons. The quantitative estimate of drug-likeness (QED) is 0.660. The Morgan fingerprint density at radius 2 is 1.83 bits per heavy atom. The molecule has 1 aromatic carbocycles. The number of hydrogen-bond donors (Lipinski definition) is 1. The van der Waals surface area contributed by atoms with Crippen molar-refractivity contribution in [3.8, 4) is 0 Å². The van der Waals surface area contributed by atoms with Crippen LogP contribution in [0.2, 0.25) is 0 Å². The van der Waals surface area contributed by atoms with Gasteiger partial charge in [0.2, 0.25) is 11.8 Å². The summed E-state index contributed by atoms with van der Waals surface area (Å²) in [7, 11) is 0. The number of carbonyl (C=O) groups excluding carboxylic acids is 2. The summed E-state index contributed by atoms with van der Waals surface area (Å²) < 4.78 is 13.8. The molecule has 0 atom stereocenters. The Kier molecular flexibility index (Phi) is 8.36. The van der Waals surface area contributed by atoms with Crippen LogP contribution in [0, 0.1) is 5.82 Å². The number of nitrogens with one attached hydrogen (secondary N) is 1. The normalized spacial score (nSPS) is 15.1. The first-order chi connectivity index (χ1) is 14.5. The number of benzene rings is 1. The third kappa shape index (κ3) is 6.62. The van der Waals surface area contributed by atoms with Gasteiger partial charge in [0.15, 0.2) is 0 Å². The van der Waals surface area contributed by atoms with E-state index >= 15 is 0 Å². The Bertz CT molecular complexity index is 822. The minimum atomic E-state index is -0.175. The minimum absolute atomic E-state index is 0.0358. The van der Waals surface area contributed by atoms with Crippen molar-refractivity contribution in [2.75, 3.05) is 45.8 Å². The van der Waals surface area contributed by atoms with Gasteiger partial charge in [-0.2, -0.15) is 0 Å². The SMILES string of the molecule is CCN(CC(=O)NCc1cccs1)C(=O)CN1CCN(Cc2ccccc2F)CC1. The fourth-order valence-electron chi connectivity index (χ4n) is 3.47. The molecule has 0 aliphatic carbocycles. The number of hydrogen-bond acceptors (Lipinski definition) is 5. The van der Waals surface area contributed by atoms with E-state index in [0.29, 0.717) is 31.7 Å². The van der Waals surface area contributed by atoms with Gasteiger partial charge in [-0.3, -0.25) is 19.4 Å². The molecule has 30 heavy (non-hydrogen) atoms. The predicted molar refractivity (Wildman–Crippen MR) is 117 cm³/mol. The molecule has 1 aliphatic heterocycles. The maximum absolute atomic E-state index is 13.8. The lowest BCUT2D eigenvalue weighted by Gasteiger charge is -2.35. The van der Waals surface area contributed by atoms with Crippen LogP contribution in [0.1, 0.15) is 17.4 Å². The van der Waals surface area contributed by atoms with Crippen molar-refractivity contribution in [2.24, 2.45) is 0 Å². The van der Waals surface area contributed by atoms with Crippen LogP contribution in [0.4, 0.5) is 4.39 Å². The van der Waals surface area contributed by atoms with Crippen molar-refractivity contribution in [1.82, 2.24) is 20.0 Å². The maximum Gasteiger partial charge on any atom is 0.239 e. The Morgan fingerprint density at radius 1 is 1.10 bits per heavy atom. The molecule has 0 radical (unpaired) electrons. The lowest BCUT2D eigenvalue weighted by atomic mass is 10.2. The highest BCUT2D eigenvalue weighted by Gasteiger charge is 2.23. The number of likely N-dealkylation sites (N-methyl/N-ethyl adjacent to an activating group) is 1. The molecular weight excluding hydrogens is 403 g/mol. The van der Waals surface area contributed by atoms with Crippen LogP contribution < -0.4 is 5.32 Å². The highest BCUT2D eigenvalue weighted by atomic mass is 32.1. The van der Waals surface area contributed by atoms with Crippen molar-refractivity contribution >= 4 is 23.2 Å². The molecule has 1 aromatic heterocycles. The number of thiophene rings is 1. The topological polar surface area (TPSA) is 55.9 Å². The Balaban J connectivity index is 1.40. The number of rotatable bonds is 9. The average Bonchev–Trinajstić information content (AvgIpc) is 3.27. The van der Waals surface area contributed by atoms with Crippen LogP contribution in [-0.4, -0.2) is 72.3 Å². The van der Waals surface area contributed by atoms with Crippen LogP contribution >= 0.6 is 11.3 Å². The zero-order valence-corrected chi connectivity index (χ0v) is 18.2. The minimum Gasteiger partial charge on any atom is -0.350 e. The van der Waals surface area contributed by atoms with Crippen LogP contribution in [0.5, 0.6) is 0 Å². The molecule has 2 aromatic rings. The van der Waals surface area contributed by atoms with E-state index < -0.39 is 0 Å². The monoisotopic (exact) mass is 432 g/mol. The summed E-state index contributed by atoms with van der Waals surface area (Å²) in [5.41, 5.74) is 0.702. The molecule has 3 rings (SSSR count). The van der Waals surface area contributed by atoms with Gasteiger partial charge in [-0.25, -0.2) is 4.39 Å². The van der Waals surface area contributed by atoms with Crippen LogP contribution in [0.25, 0.3) is 0 Å². The van der Waals surface area contributed by atoms with Gasteiger partial charge >= 0.3 is 0 Å². The third-order valence-electron chi connectivity index (χ3n) is 5.28. The van der Waals surface area contributed by atoms with Gasteiger partial charge in [-0.05, 0) is 24.4 Å². The van der Waals surface area contributed by atoms with Gasteiger partial charge in [0.1, 0.15) is 5.82 Å². The molecule has 0 unspecified atom stereocenters. The summed E-state index contributed by atoms with van der Waals surface area (Å²) in [5, 5.41) is 4.84. The molecule has 0 saturated carbocycles. The Hall–Kier alpha value is -2.29. The molecule has 6 nitrogen and oxygen atoms in total. The fraction of sp³-hybridized carbons (Fsp3) is 0.455. The van der Waals surface area contributed by atoms with Crippen LogP contribution in [0.3, 0.4) is 0 Å². The smallest absolute Gasteiger partial charge is 0.239 e. The second-order valence-electron chi connectivity index (χ2n) is 7.41. The van der Waals surface area contributed by atoms with Gasteiger partial charge in [0, 0.05) is 49.7 Å². The number of nitrogens with zero attached hydrogens (tertiary/aromatic N) is 3. The van der Waals surface area contributed by atoms with E-state index in [0.717, 1.165) is 31.1 Å². The van der Waals surface area contributed by atoms with Gasteiger partial charge in [-0.1, -0.05) is 24.3 Å². The van der Waals surface area contributed by atoms with Crippen LogP contribution in [0.15, 0.2) is 41.8 Å². The predicted octanol–water partition coefficient (Wildman–Crippen LogP) is 2.17. The molecular formula is C22H29FN4O2S. The van der Waals surface area contributed by atoms with Crippen LogP contribution in [-0.2, 0) is 22.7 Å². The third-order valence-corrected chi connectivity index (χ3v) is 6.16. The molecule has 0 spiro atoms. The zero-order valence-electron chi connectivity index (χ0n) is 17.3. The van der Waals surface area contributed by atoms with Crippen molar-refractivity contribution in [1.29, 1.82) is 0 Å². The van der Waals surface area contributed by atoms with Gasteiger partial charge in [0.05, 0.1) is 19.6 Å². The van der Waals surface area contributed by atoms with Crippen molar-refractivity contribution in [2.45, 2.75) is 20.0 Å². The van der Waals surface area contributed by atoms with E-state index in [2.05, 4.69) is 15.1 Å². The van der Waals surface area contributed by atoms with E-state index in [4.69, 9.17) is 0 Å². The summed E-state index contributed by atoms with van der Waals surface area (Å²) in [6.45, 7) is 6.92. The first kappa shape index (κ1) is 22.4. The molecule has 0 bridgehead atoms. The second-order valence-corrected chi connectivity index (χ2v) is 8.44. The zero-order chi connectivity index (χ0) is 21.3. The van der Waals surface area contributed by atoms with Crippen molar-refractivity contribution in [3.63, 3.8) is 0 Å². The lowest BCUT2D eigenvalue weighted by molar-refractivity contribution is -0.137. The largest absolute Gasteiger partial charge is 0.350 e. The number of amides is 2. The molecule has 1 aliphatic rings. The molecule has 1 N–H and O–H groups in total. The van der Waals surface area contributed by atoms with Crippen molar-refractivity contribution < 1.29 is 14.0 Å². The second kappa shape index (κ2) is 11.2. The molecule has 8 heteroatoms. The number of carbonyl (C=O) groups is 2. The average molecular weight is 433 g/mol. The summed E-state index contributed by atoms with van der Waals surface area (Å²) in [6.07, 6.45) is 0. The van der Waals surface area contributed by atoms with E-state index in [1.807, 2.05) is 36.6 Å². The Morgan fingerprint density at radius 3 is 2.50 bits per heavy atom. The first-order valence-corrected chi connectivity index (χ1v) is 11.2. The highest BCUT2D eigenvalue weighted by Crippen LogP contribution is 2.12. The molecule has 1 saturated heterocycles. The molecule has 1 fully saturated rings.